The van der Waals surface area contributed by atoms with Crippen molar-refractivity contribution in [1.29, 1.82) is 0 Å². The van der Waals surface area contributed by atoms with E-state index in [1.165, 1.54) is 19.6 Å². The first kappa shape index (κ1) is 28.4. The van der Waals surface area contributed by atoms with E-state index in [2.05, 4.69) is 29.7 Å². The highest BCUT2D eigenvalue weighted by Gasteiger charge is 2.46. The van der Waals surface area contributed by atoms with Crippen molar-refractivity contribution in [1.82, 2.24) is 10.6 Å². The molecule has 0 aromatic heterocycles. The van der Waals surface area contributed by atoms with E-state index in [1.54, 1.807) is 6.92 Å². The van der Waals surface area contributed by atoms with Gasteiger partial charge < -0.3 is 25.2 Å². The van der Waals surface area contributed by atoms with Crippen LogP contribution in [0.25, 0.3) is 0 Å². The van der Waals surface area contributed by atoms with Gasteiger partial charge in [0.15, 0.2) is 11.6 Å². The van der Waals surface area contributed by atoms with Gasteiger partial charge in [-0.2, -0.15) is 0 Å². The van der Waals surface area contributed by atoms with Gasteiger partial charge in [0.25, 0.3) is 5.91 Å². The Kier molecular flexibility index (Phi) is 7.86. The van der Waals surface area contributed by atoms with Gasteiger partial charge in [-0.1, -0.05) is 25.5 Å². The number of allylic oxidation sites excluding steroid dienone is 1. The number of carboxylic acid groups (broad SMARTS) is 1. The third-order valence-electron chi connectivity index (χ3n) is 9.94. The summed E-state index contributed by atoms with van der Waals surface area (Å²) in [6, 6.07) is 2.12. The molecule has 0 heterocycles. The van der Waals surface area contributed by atoms with Crippen molar-refractivity contribution < 1.29 is 33.4 Å². The molecule has 9 heteroatoms. The average Bonchev–Trinajstić information content (AvgIpc) is 2.93. The van der Waals surface area contributed by atoms with E-state index >= 15 is 0 Å². The highest BCUT2D eigenvalue weighted by molar-refractivity contribution is 5.98. The summed E-state index contributed by atoms with van der Waals surface area (Å²) in [6.07, 6.45) is 10.9. The van der Waals surface area contributed by atoms with Crippen LogP contribution in [-0.4, -0.2) is 48.7 Å². The third-order valence-corrected chi connectivity index (χ3v) is 9.94. The number of carbonyl (C=O) groups excluding carboxylic acids is 2. The number of halogens is 1. The lowest BCUT2D eigenvalue weighted by molar-refractivity contribution is -0.150. The maximum atomic E-state index is 15.0. The second kappa shape index (κ2) is 11.1. The molecule has 1 aromatic rings. The van der Waals surface area contributed by atoms with Crippen molar-refractivity contribution in [3.63, 3.8) is 0 Å². The van der Waals surface area contributed by atoms with Crippen LogP contribution in [0.15, 0.2) is 24.3 Å². The van der Waals surface area contributed by atoms with E-state index in [0.29, 0.717) is 32.2 Å². The fourth-order valence-electron chi connectivity index (χ4n) is 6.86. The number of nitrogens with one attached hydrogen (secondary N) is 2. The van der Waals surface area contributed by atoms with Crippen LogP contribution in [0.2, 0.25) is 0 Å². The van der Waals surface area contributed by atoms with E-state index in [9.17, 15) is 23.9 Å². The Morgan fingerprint density at radius 1 is 1.00 bits per heavy atom. The van der Waals surface area contributed by atoms with Crippen molar-refractivity contribution in [2.45, 2.75) is 83.8 Å². The normalized spacial score (nSPS) is 32.0. The molecule has 0 aliphatic heterocycles. The SMILES string of the molecule is COc1cc(F)c(OC2CCC(C)(C(=O)O)CC2)cc1C(=O)NC1C2C=CC(CC2)C1C(=O)NCC1(C)CCC1. The van der Waals surface area contributed by atoms with Crippen LogP contribution < -0.4 is 20.1 Å². The first-order valence-corrected chi connectivity index (χ1v) is 14.6. The van der Waals surface area contributed by atoms with Crippen LogP contribution in [0, 0.1) is 34.4 Å². The molecule has 4 unspecified atom stereocenters. The number of hydrogen-bond acceptors (Lipinski definition) is 5. The van der Waals surface area contributed by atoms with E-state index in [0.717, 1.165) is 31.7 Å². The summed E-state index contributed by atoms with van der Waals surface area (Å²) >= 11 is 0. The van der Waals surface area contributed by atoms with Gasteiger partial charge in [0.1, 0.15) is 5.75 Å². The number of amides is 2. The van der Waals surface area contributed by atoms with Crippen molar-refractivity contribution in [3.8, 4) is 11.5 Å². The first-order chi connectivity index (χ1) is 19.0. The largest absolute Gasteiger partial charge is 0.496 e. The standard InChI is InChI=1S/C31H41FN2O6/c1-30(11-4-12-30)17-33-28(36)25-18-5-7-19(8-6-18)26(25)34-27(35)21-15-24(22(32)16-23(21)39-3)40-20-9-13-31(2,14-10-20)29(37)38/h5,7,15-16,18-20,25-26H,4,6,8-14,17H2,1-3H3,(H,33,36)(H,34,35)(H,37,38). The number of carboxylic acids is 1. The van der Waals surface area contributed by atoms with Gasteiger partial charge in [0.2, 0.25) is 5.91 Å². The molecular weight excluding hydrogens is 515 g/mol. The summed E-state index contributed by atoms with van der Waals surface area (Å²) < 4.78 is 26.3. The summed E-state index contributed by atoms with van der Waals surface area (Å²) in [7, 11) is 1.38. The zero-order valence-electron chi connectivity index (χ0n) is 23.6. The van der Waals surface area contributed by atoms with E-state index < -0.39 is 23.1 Å². The van der Waals surface area contributed by atoms with Gasteiger partial charge >= 0.3 is 5.97 Å². The molecule has 40 heavy (non-hydrogen) atoms. The molecule has 5 aliphatic rings. The smallest absolute Gasteiger partial charge is 0.309 e. The molecule has 8 nitrogen and oxygen atoms in total. The van der Waals surface area contributed by atoms with Crippen LogP contribution >= 0.6 is 0 Å². The molecule has 0 spiro atoms. The van der Waals surface area contributed by atoms with Crippen molar-refractivity contribution in [2.24, 2.45) is 28.6 Å². The maximum Gasteiger partial charge on any atom is 0.309 e. The molecule has 2 bridgehead atoms. The average molecular weight is 557 g/mol. The lowest BCUT2D eigenvalue weighted by Crippen LogP contribution is -2.57. The topological polar surface area (TPSA) is 114 Å². The van der Waals surface area contributed by atoms with Crippen LogP contribution in [0.1, 0.15) is 82.0 Å². The van der Waals surface area contributed by atoms with Gasteiger partial charge in [-0.3, -0.25) is 14.4 Å². The fraction of sp³-hybridized carbons (Fsp3) is 0.645. The predicted molar refractivity (Wildman–Crippen MR) is 147 cm³/mol. The minimum atomic E-state index is -0.837. The highest BCUT2D eigenvalue weighted by atomic mass is 19.1. The lowest BCUT2D eigenvalue weighted by atomic mass is 9.65. The molecule has 3 fully saturated rings. The van der Waals surface area contributed by atoms with Crippen molar-refractivity contribution >= 4 is 17.8 Å². The molecular formula is C31H41FN2O6. The maximum absolute atomic E-state index is 15.0. The van der Waals surface area contributed by atoms with Crippen LogP contribution in [0.5, 0.6) is 11.5 Å². The van der Waals surface area contributed by atoms with E-state index in [4.69, 9.17) is 9.47 Å². The summed E-state index contributed by atoms with van der Waals surface area (Å²) in [4.78, 5) is 38.6. The quantitative estimate of drug-likeness (QED) is 0.374. The number of rotatable bonds is 9. The number of ether oxygens (including phenoxy) is 2. The van der Waals surface area contributed by atoms with Crippen LogP contribution in [-0.2, 0) is 9.59 Å². The minimum absolute atomic E-state index is 0.0294. The van der Waals surface area contributed by atoms with E-state index in [1.807, 2.05) is 0 Å². The number of aliphatic carboxylic acids is 1. The zero-order valence-corrected chi connectivity index (χ0v) is 23.6. The predicted octanol–water partition coefficient (Wildman–Crippen LogP) is 4.86. The van der Waals surface area contributed by atoms with Gasteiger partial charge in [-0.05, 0) is 81.6 Å². The van der Waals surface area contributed by atoms with Gasteiger partial charge in [-0.15, -0.1) is 0 Å². The Hall–Kier alpha value is -3.10. The lowest BCUT2D eigenvalue weighted by Gasteiger charge is -2.45. The second-order valence-electron chi connectivity index (χ2n) is 12.9. The molecule has 6 rings (SSSR count). The van der Waals surface area contributed by atoms with Gasteiger partial charge in [-0.25, -0.2) is 4.39 Å². The summed E-state index contributed by atoms with van der Waals surface area (Å²) in [6.45, 7) is 4.56. The number of carbonyl (C=O) groups is 3. The Bertz CT molecular complexity index is 1190. The monoisotopic (exact) mass is 556 g/mol. The van der Waals surface area contributed by atoms with Crippen LogP contribution in [0.4, 0.5) is 4.39 Å². The molecule has 0 radical (unpaired) electrons. The molecule has 1 aromatic carbocycles. The van der Waals surface area contributed by atoms with Crippen LogP contribution in [0.3, 0.4) is 0 Å². The summed E-state index contributed by atoms with van der Waals surface area (Å²) in [5, 5.41) is 15.8. The first-order valence-electron chi connectivity index (χ1n) is 14.6. The molecule has 218 valence electrons. The molecule has 2 amide bonds. The summed E-state index contributed by atoms with van der Waals surface area (Å²) in [5.41, 5.74) is -0.521. The van der Waals surface area contributed by atoms with E-state index in [-0.39, 0.29) is 58.3 Å². The molecule has 3 N–H and O–H groups in total. The number of benzene rings is 1. The molecule has 0 saturated heterocycles. The van der Waals surface area contributed by atoms with Crippen molar-refractivity contribution in [3.05, 3.63) is 35.7 Å². The molecule has 4 atom stereocenters. The number of fused-ring (bicyclic) bond motifs is 2. The third kappa shape index (κ3) is 5.56. The Labute approximate surface area is 235 Å². The Morgan fingerprint density at radius 3 is 2.25 bits per heavy atom. The highest BCUT2D eigenvalue weighted by Crippen LogP contribution is 2.43. The minimum Gasteiger partial charge on any atom is -0.496 e. The number of methoxy groups -OCH3 is 1. The molecule has 5 aliphatic carbocycles. The van der Waals surface area contributed by atoms with Gasteiger partial charge in [0, 0.05) is 18.7 Å². The Morgan fingerprint density at radius 2 is 1.68 bits per heavy atom. The zero-order chi connectivity index (χ0) is 28.7. The fourth-order valence-corrected chi connectivity index (χ4v) is 6.86. The number of hydrogen-bond donors (Lipinski definition) is 3. The second-order valence-corrected chi connectivity index (χ2v) is 12.9. The Balaban J connectivity index is 1.31. The summed E-state index contributed by atoms with van der Waals surface area (Å²) in [5.74, 6) is -2.22. The van der Waals surface area contributed by atoms with Crippen molar-refractivity contribution in [2.75, 3.05) is 13.7 Å². The molecule has 3 saturated carbocycles. The van der Waals surface area contributed by atoms with Gasteiger partial charge in [0.05, 0.1) is 30.1 Å².